The highest BCUT2D eigenvalue weighted by Gasteiger charge is 2.22. The van der Waals surface area contributed by atoms with Crippen LogP contribution in [0.5, 0.6) is 0 Å². The monoisotopic (exact) mass is 357 g/mol. The summed E-state index contributed by atoms with van der Waals surface area (Å²) in [7, 11) is 0. The molecule has 2 heterocycles. The molecule has 0 unspecified atom stereocenters. The first-order valence-electron chi connectivity index (χ1n) is 8.58. The van der Waals surface area contributed by atoms with Crippen LogP contribution in [0.2, 0.25) is 0 Å². The molecule has 5 nitrogen and oxygen atoms in total. The van der Waals surface area contributed by atoms with Gasteiger partial charge in [0.2, 0.25) is 5.91 Å². The molecule has 2 aromatic rings. The quantitative estimate of drug-likeness (QED) is 0.859. The average Bonchev–Trinajstić information content (AvgIpc) is 3.17. The SMILES string of the molecule is O=C(Cc1ccccc1)NCCN1CCN(C(=O)c2cccs2)CC1. The zero-order valence-electron chi connectivity index (χ0n) is 14.2. The zero-order chi connectivity index (χ0) is 17.5. The normalized spacial score (nSPS) is 15.1. The van der Waals surface area contributed by atoms with Crippen molar-refractivity contribution < 1.29 is 9.59 Å². The summed E-state index contributed by atoms with van der Waals surface area (Å²) in [5.74, 6) is 0.184. The third-order valence-electron chi connectivity index (χ3n) is 4.35. The van der Waals surface area contributed by atoms with Crippen LogP contribution < -0.4 is 5.32 Å². The number of nitrogens with one attached hydrogen (secondary N) is 1. The van der Waals surface area contributed by atoms with Crippen LogP contribution >= 0.6 is 11.3 Å². The van der Waals surface area contributed by atoms with Crippen LogP contribution in [0.4, 0.5) is 0 Å². The number of carbonyl (C=O) groups excluding carboxylic acids is 2. The average molecular weight is 357 g/mol. The van der Waals surface area contributed by atoms with Gasteiger partial charge in [0.05, 0.1) is 11.3 Å². The van der Waals surface area contributed by atoms with Gasteiger partial charge in [0, 0.05) is 39.3 Å². The van der Waals surface area contributed by atoms with Crippen molar-refractivity contribution in [2.24, 2.45) is 0 Å². The lowest BCUT2D eigenvalue weighted by molar-refractivity contribution is -0.120. The fourth-order valence-electron chi connectivity index (χ4n) is 2.93. The minimum absolute atomic E-state index is 0.0534. The molecule has 6 heteroatoms. The molecule has 0 saturated carbocycles. The Kier molecular flexibility index (Phi) is 6.19. The van der Waals surface area contributed by atoms with Crippen molar-refractivity contribution in [3.8, 4) is 0 Å². The molecule has 0 bridgehead atoms. The molecular weight excluding hydrogens is 334 g/mol. The van der Waals surface area contributed by atoms with Crippen LogP contribution in [0, 0.1) is 0 Å². The highest BCUT2D eigenvalue weighted by molar-refractivity contribution is 7.12. The molecule has 0 radical (unpaired) electrons. The molecule has 1 saturated heterocycles. The smallest absolute Gasteiger partial charge is 0.264 e. The second-order valence-electron chi connectivity index (χ2n) is 6.12. The van der Waals surface area contributed by atoms with Crippen LogP contribution in [-0.4, -0.2) is 60.9 Å². The summed E-state index contributed by atoms with van der Waals surface area (Å²) in [4.78, 5) is 29.3. The van der Waals surface area contributed by atoms with Crippen LogP contribution in [0.15, 0.2) is 47.8 Å². The summed E-state index contributed by atoms with van der Waals surface area (Å²) < 4.78 is 0. The molecule has 0 aliphatic carbocycles. The largest absolute Gasteiger partial charge is 0.355 e. The molecule has 1 aliphatic rings. The molecular formula is C19H23N3O2S. The van der Waals surface area contributed by atoms with Crippen molar-refractivity contribution in [1.82, 2.24) is 15.1 Å². The predicted molar refractivity (Wildman–Crippen MR) is 99.8 cm³/mol. The van der Waals surface area contributed by atoms with Crippen molar-refractivity contribution >= 4 is 23.2 Å². The third kappa shape index (κ3) is 5.14. The summed E-state index contributed by atoms with van der Waals surface area (Å²) in [5.41, 5.74) is 1.03. The van der Waals surface area contributed by atoms with Gasteiger partial charge >= 0.3 is 0 Å². The highest BCUT2D eigenvalue weighted by Crippen LogP contribution is 2.13. The molecule has 1 fully saturated rings. The Bertz CT molecular complexity index is 680. The van der Waals surface area contributed by atoms with E-state index in [1.54, 1.807) is 0 Å². The number of hydrogen-bond donors (Lipinski definition) is 1. The maximum Gasteiger partial charge on any atom is 0.264 e. The Morgan fingerprint density at radius 3 is 2.44 bits per heavy atom. The number of thiophene rings is 1. The summed E-state index contributed by atoms with van der Waals surface area (Å²) in [6.07, 6.45) is 0.421. The summed E-state index contributed by atoms with van der Waals surface area (Å²) in [6, 6.07) is 13.5. The summed E-state index contributed by atoms with van der Waals surface area (Å²) >= 11 is 1.49. The van der Waals surface area contributed by atoms with E-state index in [-0.39, 0.29) is 11.8 Å². The molecule has 25 heavy (non-hydrogen) atoms. The van der Waals surface area contributed by atoms with Crippen molar-refractivity contribution in [2.75, 3.05) is 39.3 Å². The maximum absolute atomic E-state index is 12.3. The minimum Gasteiger partial charge on any atom is -0.355 e. The van der Waals surface area contributed by atoms with E-state index in [9.17, 15) is 9.59 Å². The van der Waals surface area contributed by atoms with Gasteiger partial charge in [-0.25, -0.2) is 0 Å². The molecule has 1 aromatic carbocycles. The number of hydrogen-bond acceptors (Lipinski definition) is 4. The zero-order valence-corrected chi connectivity index (χ0v) is 15.0. The van der Waals surface area contributed by atoms with Gasteiger partial charge in [0.25, 0.3) is 5.91 Å². The minimum atomic E-state index is 0.0534. The maximum atomic E-state index is 12.3. The van der Waals surface area contributed by atoms with Crippen LogP contribution in [0.3, 0.4) is 0 Å². The van der Waals surface area contributed by atoms with Gasteiger partial charge in [-0.3, -0.25) is 14.5 Å². The second-order valence-corrected chi connectivity index (χ2v) is 7.07. The number of amides is 2. The van der Waals surface area contributed by atoms with Gasteiger partial charge in [0.15, 0.2) is 0 Å². The fourth-order valence-corrected chi connectivity index (χ4v) is 3.62. The first-order chi connectivity index (χ1) is 12.2. The number of nitrogens with zero attached hydrogens (tertiary/aromatic N) is 2. The van der Waals surface area contributed by atoms with Gasteiger partial charge in [-0.2, -0.15) is 0 Å². The van der Waals surface area contributed by atoms with E-state index in [4.69, 9.17) is 0 Å². The first-order valence-corrected chi connectivity index (χ1v) is 9.46. The lowest BCUT2D eigenvalue weighted by Gasteiger charge is -2.34. The first kappa shape index (κ1) is 17.6. The van der Waals surface area contributed by atoms with E-state index in [0.717, 1.165) is 43.2 Å². The second kappa shape index (κ2) is 8.78. The van der Waals surface area contributed by atoms with E-state index in [2.05, 4.69) is 10.2 Å². The number of benzene rings is 1. The topological polar surface area (TPSA) is 52.7 Å². The fraction of sp³-hybridized carbons (Fsp3) is 0.368. The van der Waals surface area contributed by atoms with Gasteiger partial charge in [-0.1, -0.05) is 36.4 Å². The highest BCUT2D eigenvalue weighted by atomic mass is 32.1. The number of piperazine rings is 1. The number of rotatable bonds is 6. The molecule has 1 aromatic heterocycles. The van der Waals surface area contributed by atoms with Gasteiger partial charge in [-0.15, -0.1) is 11.3 Å². The molecule has 0 spiro atoms. The van der Waals surface area contributed by atoms with Crippen molar-refractivity contribution in [3.63, 3.8) is 0 Å². The molecule has 1 N–H and O–H groups in total. The Balaban J connectivity index is 1.34. The van der Waals surface area contributed by atoms with E-state index in [1.165, 1.54) is 11.3 Å². The van der Waals surface area contributed by atoms with E-state index < -0.39 is 0 Å². The van der Waals surface area contributed by atoms with Crippen molar-refractivity contribution in [2.45, 2.75) is 6.42 Å². The molecule has 2 amide bonds. The standard InChI is InChI=1S/C19H23N3O2S/c23-18(15-16-5-2-1-3-6-16)20-8-9-21-10-12-22(13-11-21)19(24)17-7-4-14-25-17/h1-7,14H,8-13,15H2,(H,20,23). The number of carbonyl (C=O) groups is 2. The van der Waals surface area contributed by atoms with E-state index in [0.29, 0.717) is 13.0 Å². The van der Waals surface area contributed by atoms with Crippen molar-refractivity contribution in [3.05, 3.63) is 58.3 Å². The molecule has 1 aliphatic heterocycles. The third-order valence-corrected chi connectivity index (χ3v) is 5.21. The Morgan fingerprint density at radius 2 is 1.76 bits per heavy atom. The van der Waals surface area contributed by atoms with Crippen LogP contribution in [0.25, 0.3) is 0 Å². The molecule has 132 valence electrons. The Labute approximate surface area is 152 Å². The van der Waals surface area contributed by atoms with Crippen LogP contribution in [0.1, 0.15) is 15.2 Å². The van der Waals surface area contributed by atoms with Gasteiger partial charge in [-0.05, 0) is 17.0 Å². The Morgan fingerprint density at radius 1 is 1.00 bits per heavy atom. The van der Waals surface area contributed by atoms with Crippen molar-refractivity contribution in [1.29, 1.82) is 0 Å². The summed E-state index contributed by atoms with van der Waals surface area (Å²) in [5, 5.41) is 4.91. The molecule has 0 atom stereocenters. The summed E-state index contributed by atoms with van der Waals surface area (Å²) in [6.45, 7) is 4.66. The predicted octanol–water partition coefficient (Wildman–Crippen LogP) is 1.86. The van der Waals surface area contributed by atoms with Gasteiger partial charge in [0.1, 0.15) is 0 Å². The van der Waals surface area contributed by atoms with E-state index in [1.807, 2.05) is 52.7 Å². The van der Waals surface area contributed by atoms with Gasteiger partial charge < -0.3 is 10.2 Å². The lowest BCUT2D eigenvalue weighted by Crippen LogP contribution is -2.50. The lowest BCUT2D eigenvalue weighted by atomic mass is 10.1. The van der Waals surface area contributed by atoms with Crippen LogP contribution in [-0.2, 0) is 11.2 Å². The Hall–Kier alpha value is -2.18. The van der Waals surface area contributed by atoms with E-state index >= 15 is 0 Å². The molecule has 3 rings (SSSR count).